The van der Waals surface area contributed by atoms with Crippen LogP contribution in [-0.4, -0.2) is 57.7 Å². The number of aromatic nitrogens is 2. The number of hydrogen-bond acceptors (Lipinski definition) is 5. The van der Waals surface area contributed by atoms with Crippen molar-refractivity contribution in [3.63, 3.8) is 0 Å². The maximum absolute atomic E-state index is 13.2. The Hall–Kier alpha value is -4.04. The van der Waals surface area contributed by atoms with E-state index in [2.05, 4.69) is 15.2 Å². The molecule has 1 aliphatic rings. The highest BCUT2D eigenvalue weighted by atomic mass is 35.5. The lowest BCUT2D eigenvalue weighted by molar-refractivity contribution is 0.0757. The molecule has 0 spiro atoms. The van der Waals surface area contributed by atoms with Gasteiger partial charge in [0.25, 0.3) is 11.5 Å². The van der Waals surface area contributed by atoms with Crippen LogP contribution in [0.4, 0.5) is 0 Å². The first-order valence-corrected chi connectivity index (χ1v) is 12.8. The molecule has 1 amide bonds. The molecule has 0 unspecified atom stereocenters. The van der Waals surface area contributed by atoms with Gasteiger partial charge < -0.3 is 10.4 Å². The number of aliphatic hydroxyl groups is 1. The summed E-state index contributed by atoms with van der Waals surface area (Å²) in [5.74, 6) is -0.155. The number of benzene rings is 3. The van der Waals surface area contributed by atoms with Gasteiger partial charge in [0.1, 0.15) is 0 Å². The van der Waals surface area contributed by atoms with Gasteiger partial charge >= 0.3 is 0 Å². The summed E-state index contributed by atoms with van der Waals surface area (Å²) >= 11 is 6.08. The van der Waals surface area contributed by atoms with Crippen molar-refractivity contribution in [1.82, 2.24) is 19.8 Å². The van der Waals surface area contributed by atoms with Crippen LogP contribution in [0.3, 0.4) is 0 Å². The maximum atomic E-state index is 13.2. The van der Waals surface area contributed by atoms with E-state index in [4.69, 9.17) is 16.7 Å². The second-order valence-electron chi connectivity index (χ2n) is 9.51. The van der Waals surface area contributed by atoms with Crippen LogP contribution >= 0.6 is 11.6 Å². The van der Waals surface area contributed by atoms with Gasteiger partial charge in [-0.15, -0.1) is 0 Å². The molecule has 6 rings (SSSR count). The van der Waals surface area contributed by atoms with E-state index in [1.54, 1.807) is 41.1 Å². The molecule has 1 saturated heterocycles. The average Bonchev–Trinajstić information content (AvgIpc) is 2.92. The van der Waals surface area contributed by atoms with E-state index in [1.165, 1.54) is 6.07 Å². The van der Waals surface area contributed by atoms with Crippen LogP contribution in [0, 0.1) is 0 Å². The average molecular weight is 525 g/mol. The number of carbonyl (C=O) groups excluding carboxylic acids is 1. The van der Waals surface area contributed by atoms with Crippen molar-refractivity contribution < 1.29 is 9.90 Å². The molecular weight excluding hydrogens is 500 g/mol. The molecule has 38 heavy (non-hydrogen) atoms. The van der Waals surface area contributed by atoms with Gasteiger partial charge in [0, 0.05) is 58.9 Å². The molecule has 8 heteroatoms. The Morgan fingerprint density at radius 3 is 2.45 bits per heavy atom. The summed E-state index contributed by atoms with van der Waals surface area (Å²) < 4.78 is 1.67. The van der Waals surface area contributed by atoms with E-state index in [1.807, 2.05) is 42.5 Å². The molecule has 1 aliphatic heterocycles. The third kappa shape index (κ3) is 4.56. The third-order valence-electron chi connectivity index (χ3n) is 6.99. The molecule has 0 bridgehead atoms. The second kappa shape index (κ2) is 10.0. The molecular formula is C30H25ClN4O3. The Morgan fingerprint density at radius 1 is 0.974 bits per heavy atom. The number of rotatable bonds is 6. The minimum atomic E-state index is -0.169. The number of nitrogens with one attached hydrogen (secondary N) is 1. The lowest BCUT2D eigenvalue weighted by atomic mass is 10.0. The van der Waals surface area contributed by atoms with E-state index in [9.17, 15) is 9.59 Å². The summed E-state index contributed by atoms with van der Waals surface area (Å²) in [5.41, 5.74) is 4.57. The van der Waals surface area contributed by atoms with Crippen molar-refractivity contribution in [2.45, 2.75) is 6.04 Å². The normalized spacial score (nSPS) is 14.1. The van der Waals surface area contributed by atoms with Gasteiger partial charge in [0.15, 0.2) is 0 Å². The fraction of sp³-hybridized carbons (Fsp3) is 0.167. The van der Waals surface area contributed by atoms with E-state index in [0.717, 1.165) is 46.0 Å². The number of pyridine rings is 2. The van der Waals surface area contributed by atoms with Gasteiger partial charge in [0.2, 0.25) is 0 Å². The predicted octanol–water partition coefficient (Wildman–Crippen LogP) is 4.27. The van der Waals surface area contributed by atoms with Crippen LogP contribution < -0.4 is 10.9 Å². The molecule has 0 radical (unpaired) electrons. The van der Waals surface area contributed by atoms with Crippen LogP contribution in [0.5, 0.6) is 0 Å². The second-order valence-corrected chi connectivity index (χ2v) is 9.94. The van der Waals surface area contributed by atoms with Crippen molar-refractivity contribution in [3.8, 4) is 16.8 Å². The zero-order valence-corrected chi connectivity index (χ0v) is 21.2. The highest BCUT2D eigenvalue weighted by Gasteiger charge is 2.27. The van der Waals surface area contributed by atoms with Gasteiger partial charge in [-0.25, -0.2) is 0 Å². The molecule has 190 valence electrons. The minimum absolute atomic E-state index is 0.0723. The summed E-state index contributed by atoms with van der Waals surface area (Å²) in [6.45, 7) is 2.19. The van der Waals surface area contributed by atoms with Crippen LogP contribution in [0.15, 0.2) is 89.9 Å². The lowest BCUT2D eigenvalue weighted by Gasteiger charge is -2.39. The minimum Gasteiger partial charge on any atom is -0.395 e. The zero-order chi connectivity index (χ0) is 26.2. The van der Waals surface area contributed by atoms with Crippen molar-refractivity contribution in [3.05, 3.63) is 106 Å². The Balaban J connectivity index is 1.37. The Morgan fingerprint density at radius 2 is 1.71 bits per heavy atom. The lowest BCUT2D eigenvalue weighted by Crippen LogP contribution is -2.59. The Bertz CT molecular complexity index is 1710. The Labute approximate surface area is 223 Å². The van der Waals surface area contributed by atoms with E-state index < -0.39 is 0 Å². The Kier molecular flexibility index (Phi) is 6.41. The molecule has 1 fully saturated rings. The highest BCUT2D eigenvalue weighted by molar-refractivity contribution is 6.30. The number of aliphatic hydroxyl groups excluding tert-OH is 1. The first-order valence-electron chi connectivity index (χ1n) is 12.5. The molecule has 3 aromatic carbocycles. The molecule has 7 nitrogen and oxygen atoms in total. The van der Waals surface area contributed by atoms with Crippen molar-refractivity contribution in [1.29, 1.82) is 0 Å². The monoisotopic (exact) mass is 524 g/mol. The predicted molar refractivity (Wildman–Crippen MR) is 150 cm³/mol. The van der Waals surface area contributed by atoms with Crippen LogP contribution in [0.1, 0.15) is 10.4 Å². The van der Waals surface area contributed by atoms with E-state index in [0.29, 0.717) is 22.8 Å². The van der Waals surface area contributed by atoms with E-state index in [-0.39, 0.29) is 24.1 Å². The smallest absolute Gasteiger partial charge is 0.255 e. The summed E-state index contributed by atoms with van der Waals surface area (Å²) in [5, 5.41) is 14.4. The largest absolute Gasteiger partial charge is 0.395 e. The number of amides is 1. The van der Waals surface area contributed by atoms with Crippen molar-refractivity contribution in [2.24, 2.45) is 0 Å². The van der Waals surface area contributed by atoms with E-state index >= 15 is 0 Å². The number of fused-ring (bicyclic) bond motifs is 3. The zero-order valence-electron chi connectivity index (χ0n) is 20.5. The molecule has 5 aromatic rings. The van der Waals surface area contributed by atoms with Gasteiger partial charge in [-0.1, -0.05) is 29.8 Å². The number of halogens is 1. The van der Waals surface area contributed by atoms with Crippen LogP contribution in [0.2, 0.25) is 5.02 Å². The van der Waals surface area contributed by atoms with Crippen molar-refractivity contribution >= 4 is 39.3 Å². The molecule has 2 aromatic heterocycles. The quantitative estimate of drug-likeness (QED) is 0.324. The molecule has 3 heterocycles. The van der Waals surface area contributed by atoms with Gasteiger partial charge in [-0.3, -0.25) is 24.0 Å². The summed E-state index contributed by atoms with van der Waals surface area (Å²) in [7, 11) is 0. The highest BCUT2D eigenvalue weighted by Crippen LogP contribution is 2.30. The summed E-state index contributed by atoms with van der Waals surface area (Å²) in [6.07, 6.45) is 1.77. The number of carbonyl (C=O) groups is 1. The van der Waals surface area contributed by atoms with Gasteiger partial charge in [-0.05, 0) is 65.7 Å². The SMILES string of the molecule is O=C(NC1CN(CCO)C1)c1ccc(-n2c(=O)ccc3cnc4ccc(-c5ccc(Cl)cc5)cc4c32)cc1. The fourth-order valence-corrected chi connectivity index (χ4v) is 5.13. The molecule has 0 saturated carbocycles. The maximum Gasteiger partial charge on any atom is 0.255 e. The number of β-amino-alcohol motifs (C(OH)–C–C–N with tert-alkyl or cyclic N) is 1. The van der Waals surface area contributed by atoms with Crippen LogP contribution in [0.25, 0.3) is 38.6 Å². The first kappa shape index (κ1) is 24.3. The number of nitrogens with zero attached hydrogens (tertiary/aromatic N) is 3. The number of likely N-dealkylation sites (tertiary alicyclic amines) is 1. The van der Waals surface area contributed by atoms with Gasteiger partial charge in [-0.2, -0.15) is 0 Å². The topological polar surface area (TPSA) is 87.5 Å². The number of hydrogen-bond donors (Lipinski definition) is 2. The fourth-order valence-electron chi connectivity index (χ4n) is 5.01. The van der Waals surface area contributed by atoms with Crippen LogP contribution in [-0.2, 0) is 0 Å². The third-order valence-corrected chi connectivity index (χ3v) is 7.24. The van der Waals surface area contributed by atoms with Crippen molar-refractivity contribution in [2.75, 3.05) is 26.2 Å². The summed E-state index contributed by atoms with van der Waals surface area (Å²) in [6, 6.07) is 24.1. The molecule has 0 aliphatic carbocycles. The van der Waals surface area contributed by atoms with Gasteiger partial charge in [0.05, 0.1) is 23.7 Å². The first-order chi connectivity index (χ1) is 18.5. The molecule has 0 atom stereocenters. The summed E-state index contributed by atoms with van der Waals surface area (Å²) in [4.78, 5) is 32.6. The molecule has 2 N–H and O–H groups in total. The standard InChI is InChI=1S/C30H25ClN4O3/c31-23-7-1-19(2-8-23)21-5-11-27-26(15-21)29-22(16-32-27)6-12-28(37)35(29)25-9-3-20(4-10-25)30(38)33-24-17-34(18-24)13-14-36/h1-12,15-16,24,36H,13-14,17-18H2,(H,33,38).